The Bertz CT molecular complexity index is 591. The Labute approximate surface area is 120 Å². The summed E-state index contributed by atoms with van der Waals surface area (Å²) in [5.41, 5.74) is 2.36. The lowest BCUT2D eigenvalue weighted by molar-refractivity contribution is 0.0472. The Morgan fingerprint density at radius 3 is 2.63 bits per heavy atom. The molecule has 2 aromatic rings. The van der Waals surface area contributed by atoms with E-state index in [1.54, 1.807) is 18.2 Å². The zero-order chi connectivity index (χ0) is 13.7. The van der Waals surface area contributed by atoms with Gasteiger partial charge < -0.3 is 4.74 Å². The molecule has 0 bridgehead atoms. The van der Waals surface area contributed by atoms with Gasteiger partial charge in [0.2, 0.25) is 0 Å². The van der Waals surface area contributed by atoms with Crippen molar-refractivity contribution in [3.63, 3.8) is 0 Å². The lowest BCUT2D eigenvalue weighted by Crippen LogP contribution is -2.05. The van der Waals surface area contributed by atoms with Crippen LogP contribution < -0.4 is 0 Å². The fourth-order valence-electron chi connectivity index (χ4n) is 1.65. The van der Waals surface area contributed by atoms with Crippen LogP contribution in [0.4, 0.5) is 0 Å². The Hall–Kier alpha value is -1.87. The molecule has 0 aliphatic carbocycles. The fraction of sp³-hybridized carbons (Fsp3) is 0.0625. The van der Waals surface area contributed by atoms with E-state index in [1.807, 2.05) is 36.4 Å². The highest BCUT2D eigenvalue weighted by atomic mass is 79.9. The van der Waals surface area contributed by atoms with E-state index in [-0.39, 0.29) is 12.6 Å². The topological polar surface area (TPSA) is 26.3 Å². The van der Waals surface area contributed by atoms with Crippen molar-refractivity contribution in [2.45, 2.75) is 6.61 Å². The zero-order valence-electron chi connectivity index (χ0n) is 10.3. The van der Waals surface area contributed by atoms with Crippen LogP contribution in [0.3, 0.4) is 0 Å². The molecule has 0 amide bonds. The monoisotopic (exact) mass is 316 g/mol. The van der Waals surface area contributed by atoms with E-state index in [2.05, 4.69) is 22.5 Å². The third-order valence-electron chi connectivity index (χ3n) is 2.60. The Balaban J connectivity index is 2.08. The first-order chi connectivity index (χ1) is 9.19. The van der Waals surface area contributed by atoms with Gasteiger partial charge in [0, 0.05) is 4.47 Å². The first kappa shape index (κ1) is 13.6. The van der Waals surface area contributed by atoms with Gasteiger partial charge in [-0.15, -0.1) is 0 Å². The first-order valence-electron chi connectivity index (χ1n) is 5.83. The predicted molar refractivity (Wildman–Crippen MR) is 79.8 cm³/mol. The standard InChI is InChI=1S/C16H13BrO2/c1-2-12-8-14(10-15(17)9-12)16(18)19-11-13-6-4-3-5-7-13/h2-10H,1,11H2. The molecule has 2 aromatic carbocycles. The molecule has 0 radical (unpaired) electrons. The molecule has 0 saturated carbocycles. The molecule has 0 heterocycles. The van der Waals surface area contributed by atoms with Gasteiger partial charge in [0.1, 0.15) is 6.61 Å². The SMILES string of the molecule is C=Cc1cc(Br)cc(C(=O)OCc2ccccc2)c1. The molecule has 0 saturated heterocycles. The molecule has 0 fully saturated rings. The minimum Gasteiger partial charge on any atom is -0.457 e. The number of hydrogen-bond donors (Lipinski definition) is 0. The highest BCUT2D eigenvalue weighted by Gasteiger charge is 2.09. The van der Waals surface area contributed by atoms with Crippen molar-refractivity contribution in [2.24, 2.45) is 0 Å². The third-order valence-corrected chi connectivity index (χ3v) is 3.06. The highest BCUT2D eigenvalue weighted by molar-refractivity contribution is 9.10. The molecule has 0 spiro atoms. The van der Waals surface area contributed by atoms with Crippen LogP contribution in [0, 0.1) is 0 Å². The molecule has 0 aliphatic heterocycles. The van der Waals surface area contributed by atoms with Crippen LogP contribution in [0.15, 0.2) is 59.6 Å². The van der Waals surface area contributed by atoms with Crippen molar-refractivity contribution in [1.82, 2.24) is 0 Å². The van der Waals surface area contributed by atoms with Crippen LogP contribution in [-0.4, -0.2) is 5.97 Å². The Morgan fingerprint density at radius 2 is 1.95 bits per heavy atom. The predicted octanol–water partition coefficient (Wildman–Crippen LogP) is 4.45. The highest BCUT2D eigenvalue weighted by Crippen LogP contribution is 2.18. The van der Waals surface area contributed by atoms with E-state index in [0.717, 1.165) is 15.6 Å². The van der Waals surface area contributed by atoms with Gasteiger partial charge in [0.05, 0.1) is 5.56 Å². The summed E-state index contributed by atoms with van der Waals surface area (Å²) in [6.45, 7) is 3.97. The summed E-state index contributed by atoms with van der Waals surface area (Å²) in [5.74, 6) is -0.340. The molecule has 0 unspecified atom stereocenters. The summed E-state index contributed by atoms with van der Waals surface area (Å²) >= 11 is 3.36. The maximum absolute atomic E-state index is 12.0. The molecule has 0 N–H and O–H groups in total. The molecule has 19 heavy (non-hydrogen) atoms. The number of carbonyl (C=O) groups is 1. The molecule has 2 nitrogen and oxygen atoms in total. The maximum atomic E-state index is 12.0. The minimum atomic E-state index is -0.340. The van der Waals surface area contributed by atoms with Crippen LogP contribution >= 0.6 is 15.9 Å². The van der Waals surface area contributed by atoms with E-state index in [9.17, 15) is 4.79 Å². The molecule has 96 valence electrons. The lowest BCUT2D eigenvalue weighted by Gasteiger charge is -2.06. The van der Waals surface area contributed by atoms with Gasteiger partial charge in [-0.05, 0) is 29.3 Å². The fourth-order valence-corrected chi connectivity index (χ4v) is 2.17. The Kier molecular flexibility index (Phi) is 4.53. The average molecular weight is 317 g/mol. The molecular formula is C16H13BrO2. The van der Waals surface area contributed by atoms with Gasteiger partial charge in [-0.3, -0.25) is 0 Å². The van der Waals surface area contributed by atoms with Gasteiger partial charge in [-0.2, -0.15) is 0 Å². The van der Waals surface area contributed by atoms with Crippen molar-refractivity contribution >= 4 is 28.0 Å². The second-order valence-electron chi connectivity index (χ2n) is 4.04. The summed E-state index contributed by atoms with van der Waals surface area (Å²) in [7, 11) is 0. The molecule has 0 aromatic heterocycles. The second kappa shape index (κ2) is 6.34. The van der Waals surface area contributed by atoms with E-state index in [1.165, 1.54) is 0 Å². The van der Waals surface area contributed by atoms with Crippen LogP contribution in [-0.2, 0) is 11.3 Å². The summed E-state index contributed by atoms with van der Waals surface area (Å²) in [4.78, 5) is 12.0. The smallest absolute Gasteiger partial charge is 0.338 e. The summed E-state index contributed by atoms with van der Waals surface area (Å²) in [6, 6.07) is 15.0. The van der Waals surface area contributed by atoms with Crippen LogP contribution in [0.1, 0.15) is 21.5 Å². The molecule has 2 rings (SSSR count). The van der Waals surface area contributed by atoms with Gasteiger partial charge in [-0.25, -0.2) is 4.79 Å². The summed E-state index contributed by atoms with van der Waals surface area (Å²) in [6.07, 6.45) is 1.69. The van der Waals surface area contributed by atoms with Gasteiger partial charge in [-0.1, -0.05) is 58.9 Å². The second-order valence-corrected chi connectivity index (χ2v) is 4.95. The normalized spacial score (nSPS) is 9.95. The van der Waals surface area contributed by atoms with Crippen molar-refractivity contribution in [2.75, 3.05) is 0 Å². The summed E-state index contributed by atoms with van der Waals surface area (Å²) in [5, 5.41) is 0. The summed E-state index contributed by atoms with van der Waals surface area (Å²) < 4.78 is 6.10. The lowest BCUT2D eigenvalue weighted by atomic mass is 10.1. The first-order valence-corrected chi connectivity index (χ1v) is 6.62. The quantitative estimate of drug-likeness (QED) is 0.779. The van der Waals surface area contributed by atoms with E-state index in [4.69, 9.17) is 4.74 Å². The number of benzene rings is 2. The van der Waals surface area contributed by atoms with Crippen molar-refractivity contribution < 1.29 is 9.53 Å². The molecule has 0 aliphatic rings. The number of esters is 1. The molecular weight excluding hydrogens is 304 g/mol. The Morgan fingerprint density at radius 1 is 1.21 bits per heavy atom. The average Bonchev–Trinajstić information content (AvgIpc) is 2.45. The van der Waals surface area contributed by atoms with Gasteiger partial charge in [0.25, 0.3) is 0 Å². The number of rotatable bonds is 4. The number of ether oxygens (including phenoxy) is 1. The minimum absolute atomic E-state index is 0.273. The van der Waals surface area contributed by atoms with Crippen molar-refractivity contribution in [1.29, 1.82) is 0 Å². The van der Waals surface area contributed by atoms with Crippen LogP contribution in [0.5, 0.6) is 0 Å². The van der Waals surface area contributed by atoms with Crippen molar-refractivity contribution in [3.05, 3.63) is 76.3 Å². The third kappa shape index (κ3) is 3.80. The number of halogens is 1. The number of hydrogen-bond acceptors (Lipinski definition) is 2. The van der Waals surface area contributed by atoms with Crippen molar-refractivity contribution in [3.8, 4) is 0 Å². The van der Waals surface area contributed by atoms with E-state index in [0.29, 0.717) is 5.56 Å². The van der Waals surface area contributed by atoms with Crippen LogP contribution in [0.25, 0.3) is 6.08 Å². The zero-order valence-corrected chi connectivity index (χ0v) is 11.9. The molecule has 0 atom stereocenters. The van der Waals surface area contributed by atoms with Crippen LogP contribution in [0.2, 0.25) is 0 Å². The largest absolute Gasteiger partial charge is 0.457 e. The molecule has 3 heteroatoms. The maximum Gasteiger partial charge on any atom is 0.338 e. The van der Waals surface area contributed by atoms with E-state index >= 15 is 0 Å². The van der Waals surface area contributed by atoms with E-state index < -0.39 is 0 Å². The van der Waals surface area contributed by atoms with Gasteiger partial charge in [0.15, 0.2) is 0 Å². The number of carbonyl (C=O) groups excluding carboxylic acids is 1. The van der Waals surface area contributed by atoms with Gasteiger partial charge >= 0.3 is 5.97 Å².